The standard InChI is InChI=1S/C21H29N5O3/c1-4-25-9-11-26(12-10-25)21-23-14-17(15-24-21)20(27)22-8-7-16-5-6-18(28-2)19(13-16)29-3/h5-6,13-15H,4,7-12H2,1-3H3,(H,22,27). The number of hydrogen-bond donors (Lipinski definition) is 1. The number of piperazine rings is 1. The van der Waals surface area contributed by atoms with Gasteiger partial charge in [0.1, 0.15) is 0 Å². The van der Waals surface area contributed by atoms with Crippen LogP contribution in [0.4, 0.5) is 5.95 Å². The smallest absolute Gasteiger partial charge is 0.254 e. The highest BCUT2D eigenvalue weighted by Crippen LogP contribution is 2.27. The Balaban J connectivity index is 1.50. The van der Waals surface area contributed by atoms with E-state index >= 15 is 0 Å². The maximum absolute atomic E-state index is 12.4. The summed E-state index contributed by atoms with van der Waals surface area (Å²) >= 11 is 0. The largest absolute Gasteiger partial charge is 0.493 e. The Morgan fingerprint density at radius 1 is 1.07 bits per heavy atom. The molecule has 2 aromatic rings. The molecule has 1 aliphatic heterocycles. The van der Waals surface area contributed by atoms with Gasteiger partial charge in [-0.3, -0.25) is 4.79 Å². The molecule has 29 heavy (non-hydrogen) atoms. The molecule has 0 radical (unpaired) electrons. The van der Waals surface area contributed by atoms with Crippen LogP contribution in [0, 0.1) is 0 Å². The molecule has 3 rings (SSSR count). The number of carbonyl (C=O) groups is 1. The second-order valence-electron chi connectivity index (χ2n) is 6.89. The molecular weight excluding hydrogens is 370 g/mol. The number of aromatic nitrogens is 2. The highest BCUT2D eigenvalue weighted by molar-refractivity contribution is 5.93. The zero-order valence-electron chi connectivity index (χ0n) is 17.4. The Labute approximate surface area is 171 Å². The summed E-state index contributed by atoms with van der Waals surface area (Å²) in [6.07, 6.45) is 3.88. The fraction of sp³-hybridized carbons (Fsp3) is 0.476. The lowest BCUT2D eigenvalue weighted by molar-refractivity contribution is 0.0953. The van der Waals surface area contributed by atoms with E-state index in [1.54, 1.807) is 26.6 Å². The highest BCUT2D eigenvalue weighted by Gasteiger charge is 2.18. The molecule has 8 heteroatoms. The number of carbonyl (C=O) groups excluding carboxylic acids is 1. The van der Waals surface area contributed by atoms with E-state index in [1.165, 1.54) is 0 Å². The Hall–Kier alpha value is -2.87. The third kappa shape index (κ3) is 5.35. The van der Waals surface area contributed by atoms with Gasteiger partial charge in [-0.05, 0) is 30.7 Å². The van der Waals surface area contributed by atoms with Gasteiger partial charge in [0.2, 0.25) is 5.95 Å². The molecule has 1 aromatic carbocycles. The van der Waals surface area contributed by atoms with E-state index in [2.05, 4.69) is 32.0 Å². The van der Waals surface area contributed by atoms with Crippen LogP contribution in [0.2, 0.25) is 0 Å². The number of benzene rings is 1. The second kappa shape index (κ2) is 10.1. The summed E-state index contributed by atoms with van der Waals surface area (Å²) in [5.41, 5.74) is 1.52. The summed E-state index contributed by atoms with van der Waals surface area (Å²) in [6, 6.07) is 5.74. The van der Waals surface area contributed by atoms with E-state index in [9.17, 15) is 4.79 Å². The van der Waals surface area contributed by atoms with Gasteiger partial charge < -0.3 is 24.6 Å². The summed E-state index contributed by atoms with van der Waals surface area (Å²) in [7, 11) is 3.22. The van der Waals surface area contributed by atoms with Crippen molar-refractivity contribution in [2.75, 3.05) is 58.4 Å². The number of anilines is 1. The van der Waals surface area contributed by atoms with E-state index in [-0.39, 0.29) is 5.91 Å². The first kappa shape index (κ1) is 20.9. The molecule has 0 bridgehead atoms. The number of amides is 1. The minimum atomic E-state index is -0.173. The van der Waals surface area contributed by atoms with Crippen LogP contribution in [-0.4, -0.2) is 74.3 Å². The first-order valence-corrected chi connectivity index (χ1v) is 9.93. The topological polar surface area (TPSA) is 79.8 Å². The molecular formula is C21H29N5O3. The molecule has 1 aliphatic rings. The molecule has 0 unspecified atom stereocenters. The predicted octanol–water partition coefficient (Wildman–Crippen LogP) is 1.61. The first-order chi connectivity index (χ1) is 14.1. The second-order valence-corrected chi connectivity index (χ2v) is 6.89. The van der Waals surface area contributed by atoms with Crippen LogP contribution in [0.1, 0.15) is 22.8 Å². The van der Waals surface area contributed by atoms with Gasteiger partial charge in [0, 0.05) is 45.1 Å². The Kier molecular flexibility index (Phi) is 7.24. The van der Waals surface area contributed by atoms with Crippen molar-refractivity contribution in [1.82, 2.24) is 20.2 Å². The van der Waals surface area contributed by atoms with Crippen molar-refractivity contribution in [3.05, 3.63) is 41.7 Å². The molecule has 0 saturated carbocycles. The van der Waals surface area contributed by atoms with Crippen LogP contribution in [0.25, 0.3) is 0 Å². The average molecular weight is 399 g/mol. The third-order valence-electron chi connectivity index (χ3n) is 5.15. The molecule has 0 aliphatic carbocycles. The van der Waals surface area contributed by atoms with Gasteiger partial charge in [0.15, 0.2) is 11.5 Å². The fourth-order valence-corrected chi connectivity index (χ4v) is 3.32. The summed E-state index contributed by atoms with van der Waals surface area (Å²) in [4.78, 5) is 25.7. The lowest BCUT2D eigenvalue weighted by Crippen LogP contribution is -2.46. The van der Waals surface area contributed by atoms with E-state index in [1.807, 2.05) is 18.2 Å². The zero-order chi connectivity index (χ0) is 20.6. The van der Waals surface area contributed by atoms with Crippen LogP contribution in [0.15, 0.2) is 30.6 Å². The van der Waals surface area contributed by atoms with E-state index in [0.29, 0.717) is 36.0 Å². The summed E-state index contributed by atoms with van der Waals surface area (Å²) in [5.74, 6) is 1.88. The van der Waals surface area contributed by atoms with E-state index in [4.69, 9.17) is 9.47 Å². The van der Waals surface area contributed by atoms with Crippen molar-refractivity contribution in [3.63, 3.8) is 0 Å². The zero-order valence-corrected chi connectivity index (χ0v) is 17.4. The predicted molar refractivity (Wildman–Crippen MR) is 112 cm³/mol. The van der Waals surface area contributed by atoms with Gasteiger partial charge in [-0.15, -0.1) is 0 Å². The summed E-state index contributed by atoms with van der Waals surface area (Å²) in [6.45, 7) is 7.59. The van der Waals surface area contributed by atoms with Gasteiger partial charge in [0.05, 0.1) is 19.8 Å². The number of rotatable bonds is 8. The molecule has 1 aromatic heterocycles. The maximum atomic E-state index is 12.4. The Morgan fingerprint density at radius 3 is 2.38 bits per heavy atom. The number of ether oxygens (including phenoxy) is 2. The van der Waals surface area contributed by atoms with Gasteiger partial charge >= 0.3 is 0 Å². The van der Waals surface area contributed by atoms with Crippen LogP contribution in [-0.2, 0) is 6.42 Å². The molecule has 0 spiro atoms. The quantitative estimate of drug-likeness (QED) is 0.722. The molecule has 0 atom stereocenters. The molecule has 1 N–H and O–H groups in total. The van der Waals surface area contributed by atoms with Crippen LogP contribution < -0.4 is 19.7 Å². The van der Waals surface area contributed by atoms with Crippen molar-refractivity contribution in [2.24, 2.45) is 0 Å². The van der Waals surface area contributed by atoms with Crippen molar-refractivity contribution >= 4 is 11.9 Å². The van der Waals surface area contributed by atoms with E-state index < -0.39 is 0 Å². The van der Waals surface area contributed by atoms with Crippen molar-refractivity contribution < 1.29 is 14.3 Å². The Morgan fingerprint density at radius 2 is 1.76 bits per heavy atom. The first-order valence-electron chi connectivity index (χ1n) is 9.93. The van der Waals surface area contributed by atoms with Crippen molar-refractivity contribution in [3.8, 4) is 11.5 Å². The lowest BCUT2D eigenvalue weighted by atomic mass is 10.1. The third-order valence-corrected chi connectivity index (χ3v) is 5.15. The number of nitrogens with one attached hydrogen (secondary N) is 1. The van der Waals surface area contributed by atoms with Crippen molar-refractivity contribution in [2.45, 2.75) is 13.3 Å². The SMILES string of the molecule is CCN1CCN(c2ncc(C(=O)NCCc3ccc(OC)c(OC)c3)cn2)CC1. The van der Waals surface area contributed by atoms with Gasteiger partial charge in [-0.1, -0.05) is 13.0 Å². The monoisotopic (exact) mass is 399 g/mol. The van der Waals surface area contributed by atoms with E-state index in [0.717, 1.165) is 38.3 Å². The molecule has 1 amide bonds. The normalized spacial score (nSPS) is 14.5. The lowest BCUT2D eigenvalue weighted by Gasteiger charge is -2.33. The van der Waals surface area contributed by atoms with Gasteiger partial charge in [0.25, 0.3) is 5.91 Å². The molecule has 2 heterocycles. The maximum Gasteiger partial charge on any atom is 0.254 e. The highest BCUT2D eigenvalue weighted by atomic mass is 16.5. The molecule has 156 valence electrons. The van der Waals surface area contributed by atoms with Gasteiger partial charge in [-0.2, -0.15) is 0 Å². The minimum absolute atomic E-state index is 0.173. The van der Waals surface area contributed by atoms with Crippen molar-refractivity contribution in [1.29, 1.82) is 0 Å². The Bertz CT molecular complexity index is 804. The number of nitrogens with zero attached hydrogens (tertiary/aromatic N) is 4. The van der Waals surface area contributed by atoms with Crippen LogP contribution >= 0.6 is 0 Å². The van der Waals surface area contributed by atoms with Crippen LogP contribution in [0.3, 0.4) is 0 Å². The fourth-order valence-electron chi connectivity index (χ4n) is 3.32. The molecule has 1 fully saturated rings. The number of hydrogen-bond acceptors (Lipinski definition) is 7. The minimum Gasteiger partial charge on any atom is -0.493 e. The molecule has 1 saturated heterocycles. The number of likely N-dealkylation sites (N-methyl/N-ethyl adjacent to an activating group) is 1. The summed E-state index contributed by atoms with van der Waals surface area (Å²) in [5, 5.41) is 2.91. The van der Waals surface area contributed by atoms with Crippen LogP contribution in [0.5, 0.6) is 11.5 Å². The van der Waals surface area contributed by atoms with Gasteiger partial charge in [-0.25, -0.2) is 9.97 Å². The average Bonchev–Trinajstić information content (AvgIpc) is 2.79. The number of methoxy groups -OCH3 is 2. The summed E-state index contributed by atoms with van der Waals surface area (Å²) < 4.78 is 10.6. The molecule has 8 nitrogen and oxygen atoms in total.